The number of thioether (sulfide) groups is 1. The van der Waals surface area contributed by atoms with Crippen LogP contribution in [0.4, 0.5) is 18.9 Å². The van der Waals surface area contributed by atoms with E-state index < -0.39 is 11.4 Å². The van der Waals surface area contributed by atoms with Crippen molar-refractivity contribution < 1.29 is 22.7 Å². The number of methoxy groups -OCH3 is 1. The number of rotatable bonds is 4. The van der Waals surface area contributed by atoms with E-state index in [1.165, 1.54) is 43.6 Å². The second-order valence-electron chi connectivity index (χ2n) is 4.09. The Labute approximate surface area is 128 Å². The van der Waals surface area contributed by atoms with Crippen molar-refractivity contribution in [3.8, 4) is 5.88 Å². The highest BCUT2D eigenvalue weighted by atomic mass is 32.2. The van der Waals surface area contributed by atoms with E-state index in [9.17, 15) is 18.0 Å². The summed E-state index contributed by atoms with van der Waals surface area (Å²) in [6.07, 6.45) is 1.29. The van der Waals surface area contributed by atoms with E-state index in [4.69, 9.17) is 4.74 Å². The Bertz CT molecular complexity index is 660. The summed E-state index contributed by atoms with van der Waals surface area (Å²) >= 11 is -0.280. The van der Waals surface area contributed by atoms with Gasteiger partial charge in [-0.1, -0.05) is 12.1 Å². The molecule has 0 atom stereocenters. The Balaban J connectivity index is 2.17. The van der Waals surface area contributed by atoms with Gasteiger partial charge in [0.2, 0.25) is 5.88 Å². The molecule has 0 aliphatic carbocycles. The molecule has 0 saturated heterocycles. The largest absolute Gasteiger partial charge is 0.481 e. The number of ether oxygens (including phenoxy) is 1. The summed E-state index contributed by atoms with van der Waals surface area (Å²) in [5.74, 6) is -0.213. The zero-order valence-electron chi connectivity index (χ0n) is 11.3. The third-order valence-electron chi connectivity index (χ3n) is 2.57. The Morgan fingerprint density at radius 1 is 1.23 bits per heavy atom. The van der Waals surface area contributed by atoms with Crippen molar-refractivity contribution in [2.45, 2.75) is 10.4 Å². The number of para-hydroxylation sites is 1. The number of alkyl halides is 3. The van der Waals surface area contributed by atoms with E-state index in [0.717, 1.165) is 0 Å². The maximum atomic E-state index is 12.5. The minimum absolute atomic E-state index is 0.0789. The molecule has 0 spiro atoms. The van der Waals surface area contributed by atoms with E-state index in [1.807, 2.05) is 0 Å². The Morgan fingerprint density at radius 3 is 2.55 bits per heavy atom. The van der Waals surface area contributed by atoms with Crippen LogP contribution in [0, 0.1) is 0 Å². The van der Waals surface area contributed by atoms with Crippen LogP contribution < -0.4 is 10.1 Å². The minimum atomic E-state index is -4.43. The molecule has 1 N–H and O–H groups in total. The standard InChI is InChI=1S/C14H11F3N2O2S/c1-21-12-7-6-9(8-18-12)13(20)19-10-4-2-3-5-11(10)22-14(15,16)17/h2-8H,1H3,(H,19,20). The molecule has 1 aromatic heterocycles. The summed E-state index contributed by atoms with van der Waals surface area (Å²) in [6, 6.07) is 8.68. The van der Waals surface area contributed by atoms with Crippen molar-refractivity contribution >= 4 is 23.4 Å². The number of hydrogen-bond donors (Lipinski definition) is 1. The van der Waals surface area contributed by atoms with Gasteiger partial charge < -0.3 is 10.1 Å². The fraction of sp³-hybridized carbons (Fsp3) is 0.143. The van der Waals surface area contributed by atoms with Crippen LogP contribution in [0.25, 0.3) is 0 Å². The molecule has 4 nitrogen and oxygen atoms in total. The highest BCUT2D eigenvalue weighted by Gasteiger charge is 2.30. The molecule has 0 aliphatic rings. The van der Waals surface area contributed by atoms with Gasteiger partial charge in [-0.05, 0) is 30.0 Å². The summed E-state index contributed by atoms with van der Waals surface area (Å²) in [7, 11) is 1.44. The minimum Gasteiger partial charge on any atom is -0.481 e. The predicted molar refractivity (Wildman–Crippen MR) is 77.1 cm³/mol. The molecule has 2 rings (SSSR count). The predicted octanol–water partition coefficient (Wildman–Crippen LogP) is 3.95. The number of halogens is 3. The highest BCUT2D eigenvalue weighted by Crippen LogP contribution is 2.40. The number of hydrogen-bond acceptors (Lipinski definition) is 4. The first-order valence-corrected chi connectivity index (χ1v) is 6.87. The van der Waals surface area contributed by atoms with Gasteiger partial charge in [-0.25, -0.2) is 4.98 Å². The number of benzene rings is 1. The summed E-state index contributed by atoms with van der Waals surface area (Å²) < 4.78 is 42.3. The molecular weight excluding hydrogens is 317 g/mol. The number of nitrogens with zero attached hydrogens (tertiary/aromatic N) is 1. The molecule has 0 bridgehead atoms. The van der Waals surface area contributed by atoms with Crippen molar-refractivity contribution in [3.63, 3.8) is 0 Å². The van der Waals surface area contributed by atoms with Gasteiger partial charge >= 0.3 is 5.51 Å². The van der Waals surface area contributed by atoms with Gasteiger partial charge in [0.25, 0.3) is 5.91 Å². The van der Waals surface area contributed by atoms with Crippen molar-refractivity contribution in [1.82, 2.24) is 4.98 Å². The first-order valence-electron chi connectivity index (χ1n) is 6.05. The van der Waals surface area contributed by atoms with Gasteiger partial charge in [0.1, 0.15) is 0 Å². The van der Waals surface area contributed by atoms with Crippen LogP contribution in [-0.4, -0.2) is 23.5 Å². The van der Waals surface area contributed by atoms with Crippen molar-refractivity contribution in [1.29, 1.82) is 0 Å². The molecule has 1 amide bonds. The van der Waals surface area contributed by atoms with Crippen molar-refractivity contribution in [3.05, 3.63) is 48.2 Å². The lowest BCUT2D eigenvalue weighted by Crippen LogP contribution is -2.13. The normalized spacial score (nSPS) is 11.1. The molecule has 22 heavy (non-hydrogen) atoms. The second kappa shape index (κ2) is 6.69. The molecule has 1 heterocycles. The Morgan fingerprint density at radius 2 is 1.95 bits per heavy atom. The van der Waals surface area contributed by atoms with E-state index in [0.29, 0.717) is 5.88 Å². The van der Waals surface area contributed by atoms with E-state index in [-0.39, 0.29) is 27.9 Å². The van der Waals surface area contributed by atoms with E-state index in [2.05, 4.69) is 10.3 Å². The summed E-state index contributed by atoms with van der Waals surface area (Å²) in [5, 5.41) is 2.45. The van der Waals surface area contributed by atoms with Gasteiger partial charge in [0.15, 0.2) is 0 Å². The lowest BCUT2D eigenvalue weighted by Gasteiger charge is -2.12. The summed E-state index contributed by atoms with van der Waals surface area (Å²) in [6.45, 7) is 0. The number of pyridine rings is 1. The maximum Gasteiger partial charge on any atom is 0.446 e. The van der Waals surface area contributed by atoms with Crippen LogP contribution in [0.2, 0.25) is 0 Å². The van der Waals surface area contributed by atoms with Gasteiger partial charge in [-0.15, -0.1) is 0 Å². The average Bonchev–Trinajstić information content (AvgIpc) is 2.48. The molecule has 116 valence electrons. The molecule has 0 unspecified atom stereocenters. The lowest BCUT2D eigenvalue weighted by molar-refractivity contribution is -0.0328. The molecule has 0 fully saturated rings. The number of anilines is 1. The topological polar surface area (TPSA) is 51.2 Å². The molecule has 1 aromatic carbocycles. The quantitative estimate of drug-likeness (QED) is 0.863. The highest BCUT2D eigenvalue weighted by molar-refractivity contribution is 8.00. The van der Waals surface area contributed by atoms with E-state index in [1.54, 1.807) is 6.07 Å². The van der Waals surface area contributed by atoms with Crippen LogP contribution in [0.1, 0.15) is 10.4 Å². The Hall–Kier alpha value is -2.22. The monoisotopic (exact) mass is 328 g/mol. The number of amides is 1. The fourth-order valence-corrected chi connectivity index (χ4v) is 2.24. The Kier molecular flexibility index (Phi) is 4.92. The third-order valence-corrected chi connectivity index (χ3v) is 3.38. The molecule has 0 saturated carbocycles. The smallest absolute Gasteiger partial charge is 0.446 e. The number of aromatic nitrogens is 1. The van der Waals surface area contributed by atoms with Gasteiger partial charge in [-0.2, -0.15) is 13.2 Å². The van der Waals surface area contributed by atoms with E-state index >= 15 is 0 Å². The maximum absolute atomic E-state index is 12.5. The first kappa shape index (κ1) is 16.2. The van der Waals surface area contributed by atoms with Crippen LogP contribution in [0.3, 0.4) is 0 Å². The lowest BCUT2D eigenvalue weighted by atomic mass is 10.2. The summed E-state index contributed by atoms with van der Waals surface area (Å²) in [5.41, 5.74) is -4.12. The van der Waals surface area contributed by atoms with Crippen LogP contribution in [0.5, 0.6) is 5.88 Å². The van der Waals surface area contributed by atoms with Crippen LogP contribution in [0.15, 0.2) is 47.5 Å². The van der Waals surface area contributed by atoms with Gasteiger partial charge in [0, 0.05) is 17.2 Å². The van der Waals surface area contributed by atoms with Gasteiger partial charge in [0.05, 0.1) is 18.4 Å². The molecule has 0 radical (unpaired) electrons. The van der Waals surface area contributed by atoms with Crippen LogP contribution >= 0.6 is 11.8 Å². The second-order valence-corrected chi connectivity index (χ2v) is 5.19. The molecular formula is C14H11F3N2O2S. The number of carbonyl (C=O) groups excluding carboxylic acids is 1. The van der Waals surface area contributed by atoms with Crippen molar-refractivity contribution in [2.75, 3.05) is 12.4 Å². The zero-order chi connectivity index (χ0) is 16.2. The summed E-state index contributed by atoms with van der Waals surface area (Å²) in [4.78, 5) is 15.8. The zero-order valence-corrected chi connectivity index (χ0v) is 12.2. The number of carbonyl (C=O) groups is 1. The third kappa shape index (κ3) is 4.39. The fourth-order valence-electron chi connectivity index (χ4n) is 1.61. The van der Waals surface area contributed by atoms with Crippen molar-refractivity contribution in [2.24, 2.45) is 0 Å². The number of nitrogens with one attached hydrogen (secondary N) is 1. The first-order chi connectivity index (χ1) is 10.4. The SMILES string of the molecule is COc1ccc(C(=O)Nc2ccccc2SC(F)(F)F)cn1. The van der Waals surface area contributed by atoms with Crippen LogP contribution in [-0.2, 0) is 0 Å². The van der Waals surface area contributed by atoms with Gasteiger partial charge in [-0.3, -0.25) is 4.79 Å². The average molecular weight is 328 g/mol. The molecule has 2 aromatic rings. The molecule has 8 heteroatoms. The molecule has 0 aliphatic heterocycles.